The lowest BCUT2D eigenvalue weighted by Gasteiger charge is -2.38. The fourth-order valence-corrected chi connectivity index (χ4v) is 2.39. The maximum atomic E-state index is 12.2. The number of nitrogens with one attached hydrogen (secondary N) is 1. The highest BCUT2D eigenvalue weighted by molar-refractivity contribution is 7.90. The zero-order chi connectivity index (χ0) is 14.1. The van der Waals surface area contributed by atoms with Crippen molar-refractivity contribution in [3.05, 3.63) is 0 Å². The van der Waals surface area contributed by atoms with Crippen LogP contribution in [0.4, 0.5) is 0 Å². The third-order valence-electron chi connectivity index (χ3n) is 3.06. The van der Waals surface area contributed by atoms with Gasteiger partial charge in [-0.05, 0) is 12.8 Å². The number of amides is 2. The van der Waals surface area contributed by atoms with E-state index in [9.17, 15) is 18.0 Å². The number of nitrogens with zero attached hydrogens (tertiary/aromatic N) is 1. The van der Waals surface area contributed by atoms with E-state index in [1.807, 2.05) is 13.8 Å². The van der Waals surface area contributed by atoms with Crippen molar-refractivity contribution < 1.29 is 18.0 Å². The smallest absolute Gasteiger partial charge is 0.246 e. The van der Waals surface area contributed by atoms with Gasteiger partial charge in [-0.25, -0.2) is 8.42 Å². The second-order valence-corrected chi connectivity index (χ2v) is 7.33. The van der Waals surface area contributed by atoms with Gasteiger partial charge in [0.05, 0.1) is 5.75 Å². The topological polar surface area (TPSA) is 83.6 Å². The van der Waals surface area contributed by atoms with E-state index in [1.165, 1.54) is 4.90 Å². The van der Waals surface area contributed by atoms with E-state index in [-0.39, 0.29) is 30.0 Å². The molecule has 0 spiro atoms. The Bertz CT molecular complexity index is 444. The molecule has 0 aliphatic carbocycles. The average Bonchev–Trinajstić information content (AvgIpc) is 2.21. The van der Waals surface area contributed by atoms with Gasteiger partial charge in [0.25, 0.3) is 0 Å². The van der Waals surface area contributed by atoms with Gasteiger partial charge in [0.2, 0.25) is 11.8 Å². The summed E-state index contributed by atoms with van der Waals surface area (Å²) < 4.78 is 22.3. The number of sulfone groups is 1. The van der Waals surface area contributed by atoms with E-state index in [0.29, 0.717) is 0 Å². The first kappa shape index (κ1) is 14.9. The van der Waals surface area contributed by atoms with Gasteiger partial charge >= 0.3 is 0 Å². The molecule has 0 saturated carbocycles. The Hall–Kier alpha value is -1.11. The van der Waals surface area contributed by atoms with Gasteiger partial charge < -0.3 is 10.2 Å². The Morgan fingerprint density at radius 2 is 1.89 bits per heavy atom. The van der Waals surface area contributed by atoms with Crippen LogP contribution in [0.1, 0.15) is 20.8 Å². The molecule has 6 nitrogen and oxygen atoms in total. The summed E-state index contributed by atoms with van der Waals surface area (Å²) in [5, 5.41) is 2.66. The molecular formula is C11H20N2O4S. The molecule has 1 saturated heterocycles. The van der Waals surface area contributed by atoms with Crippen molar-refractivity contribution in [3.8, 4) is 0 Å². The van der Waals surface area contributed by atoms with Crippen LogP contribution < -0.4 is 5.32 Å². The predicted octanol–water partition coefficient (Wildman–Crippen LogP) is -0.597. The van der Waals surface area contributed by atoms with Crippen molar-refractivity contribution in [2.45, 2.75) is 32.9 Å². The Kier molecular flexibility index (Phi) is 4.37. The first-order chi connectivity index (χ1) is 8.13. The van der Waals surface area contributed by atoms with E-state index in [2.05, 4.69) is 5.32 Å². The maximum absolute atomic E-state index is 12.2. The van der Waals surface area contributed by atoms with Gasteiger partial charge in [-0.15, -0.1) is 0 Å². The largest absolute Gasteiger partial charge is 0.342 e. The summed E-state index contributed by atoms with van der Waals surface area (Å²) in [6.07, 6.45) is 1.12. The molecule has 1 heterocycles. The summed E-state index contributed by atoms with van der Waals surface area (Å²) in [4.78, 5) is 25.2. The van der Waals surface area contributed by atoms with E-state index < -0.39 is 21.9 Å². The Morgan fingerprint density at radius 1 is 1.33 bits per heavy atom. The quantitative estimate of drug-likeness (QED) is 0.743. The average molecular weight is 276 g/mol. The predicted molar refractivity (Wildman–Crippen MR) is 67.7 cm³/mol. The molecule has 2 amide bonds. The van der Waals surface area contributed by atoms with Crippen molar-refractivity contribution in [1.29, 1.82) is 0 Å². The monoisotopic (exact) mass is 276 g/mol. The van der Waals surface area contributed by atoms with Crippen LogP contribution in [0.2, 0.25) is 0 Å². The number of hydrogen-bond acceptors (Lipinski definition) is 4. The van der Waals surface area contributed by atoms with Crippen molar-refractivity contribution in [1.82, 2.24) is 10.2 Å². The fraction of sp³-hybridized carbons (Fsp3) is 0.818. The van der Waals surface area contributed by atoms with Crippen LogP contribution in [0, 0.1) is 5.92 Å². The van der Waals surface area contributed by atoms with Crippen LogP contribution >= 0.6 is 0 Å². The molecule has 7 heteroatoms. The molecule has 0 aromatic heterocycles. The summed E-state index contributed by atoms with van der Waals surface area (Å²) in [7, 11) is -3.15. The van der Waals surface area contributed by atoms with Gasteiger partial charge in [-0.1, -0.05) is 13.8 Å². The standard InChI is InChI=1S/C11H20N2O4S/c1-7(2)9-11(15)13(5-6-18(4,16)17)8(3)10(14)12-9/h7-9H,5-6H2,1-4H3,(H,12,14). The number of carbonyl (C=O) groups excluding carboxylic acids is 2. The lowest BCUT2D eigenvalue weighted by molar-refractivity contribution is -0.149. The molecule has 2 unspecified atom stereocenters. The molecule has 0 aromatic carbocycles. The van der Waals surface area contributed by atoms with Crippen LogP contribution in [0.25, 0.3) is 0 Å². The molecule has 1 aliphatic rings. The van der Waals surface area contributed by atoms with Gasteiger partial charge in [0.1, 0.15) is 21.9 Å². The molecule has 0 bridgehead atoms. The molecule has 104 valence electrons. The Labute approximate surface area is 108 Å². The molecule has 1 N–H and O–H groups in total. The zero-order valence-electron chi connectivity index (χ0n) is 11.1. The second kappa shape index (κ2) is 5.26. The molecule has 1 fully saturated rings. The van der Waals surface area contributed by atoms with Crippen molar-refractivity contribution in [3.63, 3.8) is 0 Å². The number of rotatable bonds is 4. The third-order valence-corrected chi connectivity index (χ3v) is 3.99. The van der Waals surface area contributed by atoms with Gasteiger partial charge in [0.15, 0.2) is 0 Å². The summed E-state index contributed by atoms with van der Waals surface area (Å²) in [6, 6.07) is -1.18. The van der Waals surface area contributed by atoms with E-state index in [1.54, 1.807) is 6.92 Å². The van der Waals surface area contributed by atoms with Crippen LogP contribution in [-0.2, 0) is 19.4 Å². The van der Waals surface area contributed by atoms with Crippen molar-refractivity contribution >= 4 is 21.7 Å². The summed E-state index contributed by atoms with van der Waals surface area (Å²) in [5.74, 6) is -0.585. The Morgan fingerprint density at radius 3 is 2.33 bits per heavy atom. The SMILES string of the molecule is CC(C)C1NC(=O)C(C)N(CCS(C)(=O)=O)C1=O. The normalized spacial score (nSPS) is 25.5. The molecule has 0 aromatic rings. The molecule has 18 heavy (non-hydrogen) atoms. The van der Waals surface area contributed by atoms with Crippen LogP contribution in [0.15, 0.2) is 0 Å². The van der Waals surface area contributed by atoms with E-state index >= 15 is 0 Å². The summed E-state index contributed by atoms with van der Waals surface area (Å²) in [5.41, 5.74) is 0. The zero-order valence-corrected chi connectivity index (χ0v) is 12.0. The van der Waals surface area contributed by atoms with Crippen molar-refractivity contribution in [2.75, 3.05) is 18.6 Å². The van der Waals surface area contributed by atoms with Gasteiger partial charge in [0, 0.05) is 12.8 Å². The lowest BCUT2D eigenvalue weighted by atomic mass is 9.98. The minimum absolute atomic E-state index is 0.0188. The minimum Gasteiger partial charge on any atom is -0.342 e. The van der Waals surface area contributed by atoms with Gasteiger partial charge in [-0.2, -0.15) is 0 Å². The first-order valence-corrected chi connectivity index (χ1v) is 7.98. The molecule has 1 aliphatic heterocycles. The summed E-state index contributed by atoms with van der Waals surface area (Å²) >= 11 is 0. The minimum atomic E-state index is -3.15. The maximum Gasteiger partial charge on any atom is 0.246 e. The van der Waals surface area contributed by atoms with E-state index in [4.69, 9.17) is 0 Å². The molecule has 0 radical (unpaired) electrons. The molecule has 2 atom stereocenters. The number of hydrogen-bond donors (Lipinski definition) is 1. The highest BCUT2D eigenvalue weighted by atomic mass is 32.2. The van der Waals surface area contributed by atoms with Crippen LogP contribution in [0.5, 0.6) is 0 Å². The Balaban J connectivity index is 2.85. The van der Waals surface area contributed by atoms with Crippen molar-refractivity contribution in [2.24, 2.45) is 5.92 Å². The van der Waals surface area contributed by atoms with Crippen LogP contribution in [-0.4, -0.2) is 55.8 Å². The number of piperazine rings is 1. The molecule has 1 rings (SSSR count). The van der Waals surface area contributed by atoms with E-state index in [0.717, 1.165) is 6.26 Å². The fourth-order valence-electron chi connectivity index (χ4n) is 1.87. The highest BCUT2D eigenvalue weighted by Crippen LogP contribution is 2.15. The number of carbonyl (C=O) groups is 2. The van der Waals surface area contributed by atoms with Crippen LogP contribution in [0.3, 0.4) is 0 Å². The highest BCUT2D eigenvalue weighted by Gasteiger charge is 2.39. The molecular weight excluding hydrogens is 256 g/mol. The lowest BCUT2D eigenvalue weighted by Crippen LogP contribution is -2.64. The third kappa shape index (κ3) is 3.44. The first-order valence-electron chi connectivity index (χ1n) is 5.92. The summed E-state index contributed by atoms with van der Waals surface area (Å²) in [6.45, 7) is 5.35. The van der Waals surface area contributed by atoms with Gasteiger partial charge in [-0.3, -0.25) is 9.59 Å². The second-order valence-electron chi connectivity index (χ2n) is 5.07.